The van der Waals surface area contributed by atoms with E-state index in [1.165, 1.54) is 51.5 Å². The Labute approximate surface area is 326 Å². The predicted octanol–water partition coefficient (Wildman–Crippen LogP) is 14.6. The van der Waals surface area contributed by atoms with Crippen LogP contribution in [-0.4, -0.2) is 0 Å². The summed E-state index contributed by atoms with van der Waals surface area (Å²) in [6, 6.07) is 66.4. The highest BCUT2D eigenvalue weighted by atomic mass is 32.1. The van der Waals surface area contributed by atoms with Crippen molar-refractivity contribution in [1.29, 1.82) is 10.5 Å². The molecule has 3 nitrogen and oxygen atoms in total. The number of benzene rings is 8. The lowest BCUT2D eigenvalue weighted by molar-refractivity contribution is 1.28. The van der Waals surface area contributed by atoms with E-state index in [1.54, 1.807) is 6.07 Å². The maximum absolute atomic E-state index is 9.57. The molecule has 0 aliphatic rings. The number of anilines is 3. The summed E-state index contributed by atoms with van der Waals surface area (Å²) >= 11 is 3.67. The normalized spacial score (nSPS) is 11.2. The van der Waals surface area contributed by atoms with E-state index in [-0.39, 0.29) is 0 Å². The SMILES string of the molecule is N#Cc1cc(C#N)cc(-c2ccc(N(c3ccc(-c4ccc5sc6ccccc6c5c4)cc3)c3ccc(-c4ccc5sc6ccccc6c5c4)cc3)cc2)c1. The van der Waals surface area contributed by atoms with Gasteiger partial charge in [0.25, 0.3) is 0 Å². The molecule has 55 heavy (non-hydrogen) atoms. The highest BCUT2D eigenvalue weighted by Crippen LogP contribution is 2.41. The summed E-state index contributed by atoms with van der Waals surface area (Å²) in [7, 11) is 0. The fourth-order valence-electron chi connectivity index (χ4n) is 7.59. The zero-order chi connectivity index (χ0) is 36.9. The van der Waals surface area contributed by atoms with Crippen LogP contribution in [0.2, 0.25) is 0 Å². The molecule has 0 spiro atoms. The van der Waals surface area contributed by atoms with E-state index < -0.39 is 0 Å². The molecule has 2 heterocycles. The first-order valence-electron chi connectivity index (χ1n) is 18.0. The van der Waals surface area contributed by atoms with Crippen LogP contribution >= 0.6 is 22.7 Å². The Bertz CT molecular complexity index is 2970. The molecule has 10 aromatic rings. The van der Waals surface area contributed by atoms with E-state index in [4.69, 9.17) is 0 Å². The molecule has 0 bridgehead atoms. The zero-order valence-corrected chi connectivity index (χ0v) is 31.0. The zero-order valence-electron chi connectivity index (χ0n) is 29.4. The predicted molar refractivity (Wildman–Crippen MR) is 233 cm³/mol. The van der Waals surface area contributed by atoms with E-state index in [1.807, 2.05) is 34.8 Å². The molecular formula is C50H29N3S2. The van der Waals surface area contributed by atoms with Gasteiger partial charge in [0.15, 0.2) is 0 Å². The first-order valence-corrected chi connectivity index (χ1v) is 19.6. The molecule has 0 saturated heterocycles. The Balaban J connectivity index is 1.03. The lowest BCUT2D eigenvalue weighted by atomic mass is 9.99. The molecule has 8 aromatic carbocycles. The van der Waals surface area contributed by atoms with Crippen molar-refractivity contribution in [3.63, 3.8) is 0 Å². The first-order chi connectivity index (χ1) is 27.1. The van der Waals surface area contributed by atoms with Crippen LogP contribution in [0.5, 0.6) is 0 Å². The average molecular weight is 736 g/mol. The molecule has 0 radical (unpaired) electrons. The second kappa shape index (κ2) is 13.4. The van der Waals surface area contributed by atoms with Crippen molar-refractivity contribution in [2.24, 2.45) is 0 Å². The highest BCUT2D eigenvalue weighted by Gasteiger charge is 2.15. The molecule has 0 atom stereocenters. The highest BCUT2D eigenvalue weighted by molar-refractivity contribution is 7.26. The van der Waals surface area contributed by atoms with Gasteiger partial charge in [-0.1, -0.05) is 84.9 Å². The Kier molecular flexibility index (Phi) is 7.97. The summed E-state index contributed by atoms with van der Waals surface area (Å²) in [6.07, 6.45) is 0. The third-order valence-corrected chi connectivity index (χ3v) is 12.6. The maximum Gasteiger partial charge on any atom is 0.0992 e. The fourth-order valence-corrected chi connectivity index (χ4v) is 9.76. The number of thiophene rings is 2. The molecule has 0 fully saturated rings. The van der Waals surface area contributed by atoms with Gasteiger partial charge in [0.1, 0.15) is 0 Å². The molecule has 0 amide bonds. The van der Waals surface area contributed by atoms with Crippen LogP contribution in [0, 0.1) is 22.7 Å². The summed E-state index contributed by atoms with van der Waals surface area (Å²) in [6.45, 7) is 0. The molecule has 0 saturated carbocycles. The monoisotopic (exact) mass is 735 g/mol. The van der Waals surface area contributed by atoms with Crippen LogP contribution < -0.4 is 4.90 Å². The van der Waals surface area contributed by atoms with Gasteiger partial charge >= 0.3 is 0 Å². The molecule has 256 valence electrons. The third-order valence-electron chi connectivity index (χ3n) is 10.3. The second-order valence-electron chi connectivity index (χ2n) is 13.6. The van der Waals surface area contributed by atoms with Crippen LogP contribution in [0.1, 0.15) is 11.1 Å². The summed E-state index contributed by atoms with van der Waals surface area (Å²) in [5.41, 5.74) is 10.5. The Hall–Kier alpha value is -7.02. The Morgan fingerprint density at radius 3 is 1.11 bits per heavy atom. The van der Waals surface area contributed by atoms with Crippen molar-refractivity contribution in [3.05, 3.63) is 187 Å². The van der Waals surface area contributed by atoms with Gasteiger partial charge in [0, 0.05) is 57.4 Å². The van der Waals surface area contributed by atoms with Gasteiger partial charge in [-0.05, 0) is 124 Å². The van der Waals surface area contributed by atoms with Gasteiger partial charge < -0.3 is 4.90 Å². The quantitative estimate of drug-likeness (QED) is 0.171. The summed E-state index contributed by atoms with van der Waals surface area (Å²) in [5, 5.41) is 24.3. The number of hydrogen-bond donors (Lipinski definition) is 0. The molecule has 0 aliphatic heterocycles. The molecule has 0 unspecified atom stereocenters. The fraction of sp³-hybridized carbons (Fsp3) is 0. The number of hydrogen-bond acceptors (Lipinski definition) is 5. The largest absolute Gasteiger partial charge is 0.311 e. The van der Waals surface area contributed by atoms with Gasteiger partial charge in [-0.2, -0.15) is 10.5 Å². The summed E-state index contributed by atoms with van der Waals surface area (Å²) in [4.78, 5) is 2.27. The minimum absolute atomic E-state index is 0.470. The lowest BCUT2D eigenvalue weighted by Gasteiger charge is -2.26. The molecule has 0 N–H and O–H groups in total. The van der Waals surface area contributed by atoms with Gasteiger partial charge in [-0.15, -0.1) is 22.7 Å². The summed E-state index contributed by atoms with van der Waals surface area (Å²) < 4.78 is 5.21. The van der Waals surface area contributed by atoms with Gasteiger partial charge in [-0.3, -0.25) is 0 Å². The van der Waals surface area contributed by atoms with E-state index in [2.05, 4.69) is 175 Å². The number of fused-ring (bicyclic) bond motifs is 6. The van der Waals surface area contributed by atoms with Crippen molar-refractivity contribution in [3.8, 4) is 45.5 Å². The van der Waals surface area contributed by atoms with Gasteiger partial charge in [0.2, 0.25) is 0 Å². The number of nitrogens with zero attached hydrogens (tertiary/aromatic N) is 3. The number of rotatable bonds is 6. The van der Waals surface area contributed by atoms with Gasteiger partial charge in [-0.25, -0.2) is 0 Å². The van der Waals surface area contributed by atoms with Crippen LogP contribution in [0.15, 0.2) is 176 Å². The van der Waals surface area contributed by atoms with Gasteiger partial charge in [0.05, 0.1) is 23.3 Å². The molecule has 10 rings (SSSR count). The van der Waals surface area contributed by atoms with Crippen molar-refractivity contribution in [1.82, 2.24) is 0 Å². The molecule has 0 aliphatic carbocycles. The lowest BCUT2D eigenvalue weighted by Crippen LogP contribution is -2.09. The summed E-state index contributed by atoms with van der Waals surface area (Å²) in [5.74, 6) is 0. The van der Waals surface area contributed by atoms with E-state index in [9.17, 15) is 10.5 Å². The first kappa shape index (κ1) is 32.6. The van der Waals surface area contributed by atoms with Crippen LogP contribution in [0.4, 0.5) is 17.1 Å². The van der Waals surface area contributed by atoms with Crippen molar-refractivity contribution in [2.75, 3.05) is 4.90 Å². The average Bonchev–Trinajstić information content (AvgIpc) is 3.82. The van der Waals surface area contributed by atoms with Crippen LogP contribution in [0.25, 0.3) is 73.7 Å². The van der Waals surface area contributed by atoms with Crippen molar-refractivity contribution in [2.45, 2.75) is 0 Å². The number of nitriles is 2. The topological polar surface area (TPSA) is 50.8 Å². The van der Waals surface area contributed by atoms with Crippen molar-refractivity contribution < 1.29 is 0 Å². The second-order valence-corrected chi connectivity index (χ2v) is 15.8. The van der Waals surface area contributed by atoms with Crippen LogP contribution in [0.3, 0.4) is 0 Å². The Morgan fingerprint density at radius 1 is 0.327 bits per heavy atom. The van der Waals surface area contributed by atoms with E-state index >= 15 is 0 Å². The molecular weight excluding hydrogens is 707 g/mol. The standard InChI is InChI=1S/C50H29N3S2/c51-30-32-25-33(31-52)27-39(26-32)36-13-21-42(22-14-36)53(40-17-9-34(10-18-40)37-15-23-49-45(28-37)43-5-1-3-7-47(43)54-49)41-19-11-35(12-20-41)38-16-24-50-46(29-38)44-6-2-4-8-48(44)55-50/h1-29H. The molecule has 2 aromatic heterocycles. The molecule has 5 heteroatoms. The van der Waals surface area contributed by atoms with Crippen molar-refractivity contribution >= 4 is 80.1 Å². The minimum Gasteiger partial charge on any atom is -0.311 e. The maximum atomic E-state index is 9.57. The van der Waals surface area contributed by atoms with E-state index in [0.717, 1.165) is 39.3 Å². The van der Waals surface area contributed by atoms with E-state index in [0.29, 0.717) is 11.1 Å². The smallest absolute Gasteiger partial charge is 0.0992 e. The third kappa shape index (κ3) is 5.89. The van der Waals surface area contributed by atoms with Crippen LogP contribution in [-0.2, 0) is 0 Å². The Morgan fingerprint density at radius 2 is 0.691 bits per heavy atom. The minimum atomic E-state index is 0.470.